The van der Waals surface area contributed by atoms with Gasteiger partial charge in [-0.3, -0.25) is 4.90 Å². The number of likely N-dealkylation sites (tertiary alicyclic amines) is 1. The van der Waals surface area contributed by atoms with E-state index in [1.807, 2.05) is 0 Å². The number of hydrogen-bond acceptors (Lipinski definition) is 2. The van der Waals surface area contributed by atoms with Gasteiger partial charge in [0.1, 0.15) is 0 Å². The summed E-state index contributed by atoms with van der Waals surface area (Å²) in [5.74, 6) is 0.613. The molecule has 0 spiro atoms. The lowest BCUT2D eigenvalue weighted by Crippen LogP contribution is -2.46. The van der Waals surface area contributed by atoms with Gasteiger partial charge in [0.05, 0.1) is 6.07 Å². The maximum Gasteiger partial charge on any atom is 0.0625 e. The average Bonchev–Trinajstić information content (AvgIpc) is 2.55. The zero-order chi connectivity index (χ0) is 11.6. The second-order valence-corrected chi connectivity index (χ2v) is 6.19. The second-order valence-electron chi connectivity index (χ2n) is 6.19. The van der Waals surface area contributed by atoms with Gasteiger partial charge in [-0.2, -0.15) is 5.26 Å². The summed E-state index contributed by atoms with van der Waals surface area (Å²) in [5.41, 5.74) is 0.323. The van der Waals surface area contributed by atoms with Crippen LogP contribution in [0.4, 0.5) is 0 Å². The van der Waals surface area contributed by atoms with Gasteiger partial charge in [0.15, 0.2) is 0 Å². The van der Waals surface area contributed by atoms with Crippen LogP contribution in [-0.2, 0) is 0 Å². The monoisotopic (exact) mass is 220 g/mol. The summed E-state index contributed by atoms with van der Waals surface area (Å²) in [6.45, 7) is 5.88. The number of nitrogens with zero attached hydrogens (tertiary/aromatic N) is 2. The van der Waals surface area contributed by atoms with Crippen LogP contribution < -0.4 is 0 Å². The lowest BCUT2D eigenvalue weighted by molar-refractivity contribution is 0.0888. The van der Waals surface area contributed by atoms with Gasteiger partial charge in [0, 0.05) is 24.5 Å². The van der Waals surface area contributed by atoms with Gasteiger partial charge < -0.3 is 0 Å². The second kappa shape index (κ2) is 4.75. The van der Waals surface area contributed by atoms with E-state index in [2.05, 4.69) is 24.8 Å². The third kappa shape index (κ3) is 2.40. The Morgan fingerprint density at radius 3 is 2.56 bits per heavy atom. The number of hydrogen-bond donors (Lipinski definition) is 0. The molecule has 0 bridgehead atoms. The third-order valence-corrected chi connectivity index (χ3v) is 4.42. The van der Waals surface area contributed by atoms with Gasteiger partial charge >= 0.3 is 0 Å². The molecule has 16 heavy (non-hydrogen) atoms. The summed E-state index contributed by atoms with van der Waals surface area (Å²) < 4.78 is 0. The predicted octanol–water partition coefficient (Wildman–Crippen LogP) is 3.33. The minimum Gasteiger partial charge on any atom is -0.295 e. The number of nitriles is 1. The summed E-state index contributed by atoms with van der Waals surface area (Å²) in [5, 5.41) is 8.82. The van der Waals surface area contributed by atoms with E-state index in [0.29, 0.717) is 11.5 Å². The molecule has 0 N–H and O–H groups in total. The Morgan fingerprint density at radius 2 is 1.94 bits per heavy atom. The first-order valence-electron chi connectivity index (χ1n) is 6.77. The molecule has 0 aromatic carbocycles. The molecule has 2 rings (SSSR count). The molecule has 0 amide bonds. The van der Waals surface area contributed by atoms with Crippen LogP contribution in [0.15, 0.2) is 0 Å². The quantitative estimate of drug-likeness (QED) is 0.713. The molecule has 2 fully saturated rings. The fourth-order valence-electron chi connectivity index (χ4n) is 3.72. The molecular formula is C14H24N2. The molecule has 1 heterocycles. The lowest BCUT2D eigenvalue weighted by Gasteiger charge is -2.40. The first kappa shape index (κ1) is 11.9. The summed E-state index contributed by atoms with van der Waals surface area (Å²) in [6.07, 6.45) is 8.93. The molecule has 1 aliphatic heterocycles. The minimum atomic E-state index is 0.323. The van der Waals surface area contributed by atoms with E-state index in [0.717, 1.165) is 19.0 Å². The first-order chi connectivity index (χ1) is 7.63. The Kier molecular flexibility index (Phi) is 3.54. The maximum atomic E-state index is 8.82. The van der Waals surface area contributed by atoms with Gasteiger partial charge in [-0.05, 0) is 39.0 Å². The van der Waals surface area contributed by atoms with Crippen molar-refractivity contribution in [2.45, 2.75) is 70.4 Å². The van der Waals surface area contributed by atoms with Crippen LogP contribution in [0.5, 0.6) is 0 Å². The first-order valence-corrected chi connectivity index (χ1v) is 6.77. The summed E-state index contributed by atoms with van der Waals surface area (Å²) in [7, 11) is 0. The number of rotatable bonds is 2. The van der Waals surface area contributed by atoms with E-state index < -0.39 is 0 Å². The Bertz CT molecular complexity index is 271. The van der Waals surface area contributed by atoms with Crippen LogP contribution in [0.2, 0.25) is 0 Å². The molecule has 1 saturated heterocycles. The highest BCUT2D eigenvalue weighted by Gasteiger charge is 2.41. The molecular weight excluding hydrogens is 196 g/mol. The molecule has 0 radical (unpaired) electrons. The van der Waals surface area contributed by atoms with Crippen molar-refractivity contribution in [3.8, 4) is 6.07 Å². The molecule has 2 heteroatoms. The van der Waals surface area contributed by atoms with Crippen molar-refractivity contribution in [1.29, 1.82) is 5.26 Å². The Hall–Kier alpha value is -0.550. The topological polar surface area (TPSA) is 27.0 Å². The fourth-order valence-corrected chi connectivity index (χ4v) is 3.72. The molecule has 0 aromatic heterocycles. The van der Waals surface area contributed by atoms with E-state index in [4.69, 9.17) is 5.26 Å². The molecule has 0 aromatic rings. The molecule has 1 unspecified atom stereocenters. The summed E-state index contributed by atoms with van der Waals surface area (Å²) >= 11 is 0. The van der Waals surface area contributed by atoms with Crippen molar-refractivity contribution in [2.24, 2.45) is 5.92 Å². The van der Waals surface area contributed by atoms with Gasteiger partial charge in [-0.15, -0.1) is 0 Å². The standard InChI is InChI=1S/C14H24N2/c1-14(2)10-12(8-9-15)11-16(14)13-6-4-3-5-7-13/h12-13H,3-8,10-11H2,1-2H3. The van der Waals surface area contributed by atoms with Gasteiger partial charge in [0.2, 0.25) is 0 Å². The van der Waals surface area contributed by atoms with E-state index in [-0.39, 0.29) is 0 Å². The van der Waals surface area contributed by atoms with Gasteiger partial charge in [0.25, 0.3) is 0 Å². The maximum absolute atomic E-state index is 8.82. The third-order valence-electron chi connectivity index (χ3n) is 4.42. The van der Waals surface area contributed by atoms with Crippen LogP contribution in [0.25, 0.3) is 0 Å². The van der Waals surface area contributed by atoms with Crippen molar-refractivity contribution >= 4 is 0 Å². The Morgan fingerprint density at radius 1 is 1.25 bits per heavy atom. The van der Waals surface area contributed by atoms with Crippen LogP contribution in [0.1, 0.15) is 58.8 Å². The molecule has 1 aliphatic carbocycles. The highest BCUT2D eigenvalue weighted by atomic mass is 15.2. The van der Waals surface area contributed by atoms with Crippen molar-refractivity contribution in [1.82, 2.24) is 4.90 Å². The van der Waals surface area contributed by atoms with E-state index >= 15 is 0 Å². The van der Waals surface area contributed by atoms with Gasteiger partial charge in [-0.25, -0.2) is 0 Å². The van der Waals surface area contributed by atoms with Crippen molar-refractivity contribution in [3.05, 3.63) is 0 Å². The van der Waals surface area contributed by atoms with E-state index in [1.54, 1.807) is 0 Å². The van der Waals surface area contributed by atoms with E-state index in [1.165, 1.54) is 38.5 Å². The summed E-state index contributed by atoms with van der Waals surface area (Å²) in [6, 6.07) is 3.14. The summed E-state index contributed by atoms with van der Waals surface area (Å²) in [4.78, 5) is 2.70. The highest BCUT2D eigenvalue weighted by Crippen LogP contribution is 2.39. The zero-order valence-electron chi connectivity index (χ0n) is 10.7. The molecule has 90 valence electrons. The van der Waals surface area contributed by atoms with Crippen LogP contribution in [-0.4, -0.2) is 23.0 Å². The molecule has 2 nitrogen and oxygen atoms in total. The highest BCUT2D eigenvalue weighted by molar-refractivity contribution is 4.98. The van der Waals surface area contributed by atoms with Crippen LogP contribution in [0, 0.1) is 17.2 Å². The molecule has 1 atom stereocenters. The smallest absolute Gasteiger partial charge is 0.0625 e. The average molecular weight is 220 g/mol. The Labute approximate surface area is 99.6 Å². The SMILES string of the molecule is CC1(C)CC(CC#N)CN1C1CCCCC1. The van der Waals surface area contributed by atoms with E-state index in [9.17, 15) is 0 Å². The molecule has 2 aliphatic rings. The Balaban J connectivity index is 2.00. The zero-order valence-corrected chi connectivity index (χ0v) is 10.7. The van der Waals surface area contributed by atoms with Gasteiger partial charge in [-0.1, -0.05) is 19.3 Å². The van der Waals surface area contributed by atoms with Crippen molar-refractivity contribution in [3.63, 3.8) is 0 Å². The van der Waals surface area contributed by atoms with Crippen molar-refractivity contribution in [2.75, 3.05) is 6.54 Å². The molecule has 1 saturated carbocycles. The normalized spacial score (nSPS) is 31.4. The lowest BCUT2D eigenvalue weighted by atomic mass is 9.90. The fraction of sp³-hybridized carbons (Fsp3) is 0.929. The largest absolute Gasteiger partial charge is 0.295 e. The van der Waals surface area contributed by atoms with Crippen LogP contribution >= 0.6 is 0 Å². The van der Waals surface area contributed by atoms with Crippen LogP contribution in [0.3, 0.4) is 0 Å². The van der Waals surface area contributed by atoms with Crippen molar-refractivity contribution < 1.29 is 0 Å². The minimum absolute atomic E-state index is 0.323. The predicted molar refractivity (Wildman–Crippen MR) is 66.0 cm³/mol.